The Labute approximate surface area is 87.5 Å². The molecule has 1 nitrogen and oxygen atoms in total. The molecular weight excluding hydrogens is 185 g/mol. The van der Waals surface area contributed by atoms with Crippen LogP contribution in [0.1, 0.15) is 13.3 Å². The maximum Gasteiger partial charge on any atom is 2.00 e. The Morgan fingerprint density at radius 2 is 1.83 bits per heavy atom. The quantitative estimate of drug-likeness (QED) is 0.687. The van der Waals surface area contributed by atoms with E-state index >= 15 is 0 Å². The SMILES string of the molecule is CNc1cc[c-]cc1.[CH2-]CC.[V+2]. The van der Waals surface area contributed by atoms with Crippen LogP contribution in [0, 0.1) is 13.0 Å². The van der Waals surface area contributed by atoms with E-state index in [0.29, 0.717) is 0 Å². The monoisotopic (exact) mass is 200 g/mol. The molecule has 0 spiro atoms. The van der Waals surface area contributed by atoms with Crippen LogP contribution in [0.25, 0.3) is 0 Å². The van der Waals surface area contributed by atoms with E-state index in [1.54, 1.807) is 0 Å². The molecule has 0 aromatic heterocycles. The Morgan fingerprint density at radius 1 is 1.42 bits per heavy atom. The summed E-state index contributed by atoms with van der Waals surface area (Å²) in [5, 5.41) is 3.01. The maximum atomic E-state index is 3.49. The second-order valence-corrected chi connectivity index (χ2v) is 2.04. The number of benzene rings is 1. The fourth-order valence-electron chi connectivity index (χ4n) is 0.554. The van der Waals surface area contributed by atoms with Crippen molar-refractivity contribution in [1.29, 1.82) is 0 Å². The average molecular weight is 200 g/mol. The number of anilines is 1. The summed E-state index contributed by atoms with van der Waals surface area (Å²) in [5.74, 6) is 0. The second-order valence-electron chi connectivity index (χ2n) is 2.04. The summed E-state index contributed by atoms with van der Waals surface area (Å²) in [7, 11) is 1.90. The van der Waals surface area contributed by atoms with Gasteiger partial charge in [0.1, 0.15) is 0 Å². The molecule has 1 aromatic carbocycles. The molecule has 0 fully saturated rings. The predicted molar refractivity (Wildman–Crippen MR) is 50.5 cm³/mol. The molecule has 1 N–H and O–H groups in total. The fourth-order valence-corrected chi connectivity index (χ4v) is 0.554. The Bertz CT molecular complexity index is 163. The van der Waals surface area contributed by atoms with E-state index in [4.69, 9.17) is 0 Å². The van der Waals surface area contributed by atoms with E-state index < -0.39 is 0 Å². The zero-order valence-corrected chi connectivity index (χ0v) is 9.07. The van der Waals surface area contributed by atoms with Crippen LogP contribution < -0.4 is 5.32 Å². The number of hydrogen-bond acceptors (Lipinski definition) is 1. The zero-order chi connectivity index (χ0) is 8.53. The van der Waals surface area contributed by atoms with Gasteiger partial charge in [-0.3, -0.25) is 0 Å². The number of hydrogen-bond donors (Lipinski definition) is 1. The van der Waals surface area contributed by atoms with Crippen LogP contribution >= 0.6 is 0 Å². The maximum absolute atomic E-state index is 3.49. The van der Waals surface area contributed by atoms with E-state index in [-0.39, 0.29) is 18.6 Å². The van der Waals surface area contributed by atoms with Gasteiger partial charge in [0.2, 0.25) is 0 Å². The Hall–Kier alpha value is -0.396. The minimum absolute atomic E-state index is 0. The molecule has 1 rings (SSSR count). The molecule has 0 amide bonds. The van der Waals surface area contributed by atoms with Gasteiger partial charge in [0.05, 0.1) is 0 Å². The molecule has 0 aliphatic carbocycles. The van der Waals surface area contributed by atoms with Gasteiger partial charge in [-0.1, -0.05) is 12.6 Å². The van der Waals surface area contributed by atoms with E-state index in [1.807, 2.05) is 38.2 Å². The van der Waals surface area contributed by atoms with Crippen molar-refractivity contribution >= 4 is 5.69 Å². The molecule has 0 unspecified atom stereocenters. The van der Waals surface area contributed by atoms with E-state index in [2.05, 4.69) is 18.3 Å². The number of nitrogens with one attached hydrogen (secondary N) is 1. The fraction of sp³-hybridized carbons (Fsp3) is 0.300. The first-order valence-corrected chi connectivity index (χ1v) is 3.78. The third-order valence-corrected chi connectivity index (χ3v) is 1.01. The molecular formula is C10H15NV. The molecule has 12 heavy (non-hydrogen) atoms. The van der Waals surface area contributed by atoms with Gasteiger partial charge in [0.15, 0.2) is 0 Å². The third kappa shape index (κ3) is 7.71. The summed E-state index contributed by atoms with van der Waals surface area (Å²) >= 11 is 0. The molecule has 0 atom stereocenters. The van der Waals surface area contributed by atoms with Crippen molar-refractivity contribution in [2.75, 3.05) is 12.4 Å². The molecule has 65 valence electrons. The van der Waals surface area contributed by atoms with Gasteiger partial charge in [-0.15, -0.1) is 12.1 Å². The van der Waals surface area contributed by atoms with Gasteiger partial charge < -0.3 is 12.2 Å². The van der Waals surface area contributed by atoms with E-state index in [9.17, 15) is 0 Å². The van der Waals surface area contributed by atoms with Crippen LogP contribution in [0.5, 0.6) is 0 Å². The Morgan fingerprint density at radius 3 is 2.08 bits per heavy atom. The van der Waals surface area contributed by atoms with Crippen molar-refractivity contribution in [3.8, 4) is 0 Å². The first-order valence-electron chi connectivity index (χ1n) is 3.78. The molecule has 0 heterocycles. The van der Waals surface area contributed by atoms with Crippen LogP contribution in [-0.4, -0.2) is 7.05 Å². The van der Waals surface area contributed by atoms with Crippen LogP contribution in [0.2, 0.25) is 0 Å². The van der Waals surface area contributed by atoms with Crippen molar-refractivity contribution < 1.29 is 18.6 Å². The zero-order valence-electron chi connectivity index (χ0n) is 7.67. The molecule has 1 aromatic rings. The van der Waals surface area contributed by atoms with Gasteiger partial charge in [0, 0.05) is 7.05 Å². The van der Waals surface area contributed by atoms with Crippen LogP contribution in [-0.2, 0) is 18.6 Å². The van der Waals surface area contributed by atoms with Crippen molar-refractivity contribution in [1.82, 2.24) is 0 Å². The summed E-state index contributed by atoms with van der Waals surface area (Å²) in [5.41, 5.74) is 1.13. The molecule has 0 saturated heterocycles. The van der Waals surface area contributed by atoms with Gasteiger partial charge in [-0.2, -0.15) is 24.6 Å². The van der Waals surface area contributed by atoms with Crippen molar-refractivity contribution in [3.63, 3.8) is 0 Å². The van der Waals surface area contributed by atoms with Gasteiger partial charge in [0.25, 0.3) is 0 Å². The third-order valence-electron chi connectivity index (χ3n) is 1.01. The predicted octanol–water partition coefficient (Wildman–Crippen LogP) is 2.76. The normalized spacial score (nSPS) is 7.25. The molecule has 1 radical (unpaired) electrons. The molecule has 0 aliphatic rings. The second kappa shape index (κ2) is 10.6. The van der Waals surface area contributed by atoms with Gasteiger partial charge in [-0.25, -0.2) is 0 Å². The summed E-state index contributed by atoms with van der Waals surface area (Å²) in [4.78, 5) is 0. The minimum atomic E-state index is 0. The van der Waals surface area contributed by atoms with Crippen LogP contribution in [0.3, 0.4) is 0 Å². The average Bonchev–Trinajstić information content (AvgIpc) is 2.08. The Kier molecular flexibility index (Phi) is 12.5. The molecule has 0 aliphatic heterocycles. The summed E-state index contributed by atoms with van der Waals surface area (Å²) < 4.78 is 0. The molecule has 0 saturated carbocycles. The van der Waals surface area contributed by atoms with Crippen molar-refractivity contribution in [2.45, 2.75) is 13.3 Å². The minimum Gasteiger partial charge on any atom is -0.409 e. The summed E-state index contributed by atoms with van der Waals surface area (Å²) in [6, 6.07) is 10.6. The van der Waals surface area contributed by atoms with Gasteiger partial charge >= 0.3 is 18.6 Å². The molecule has 2 heteroatoms. The van der Waals surface area contributed by atoms with Gasteiger partial charge in [-0.05, 0) is 0 Å². The first-order chi connectivity index (χ1) is 5.35. The topological polar surface area (TPSA) is 12.0 Å². The first kappa shape index (κ1) is 14.1. The van der Waals surface area contributed by atoms with Crippen molar-refractivity contribution in [3.05, 3.63) is 37.3 Å². The standard InChI is InChI=1S/C7H8N.C3H7.V/c1-8-7-5-3-2-4-6-7;1-3-2;/h3-6,8H,1H3;1,3H2,2H3;/q2*-1;+2. The van der Waals surface area contributed by atoms with Crippen LogP contribution in [0.4, 0.5) is 5.69 Å². The molecule has 0 bridgehead atoms. The number of rotatable bonds is 1. The Balaban J connectivity index is 0. The largest absolute Gasteiger partial charge is 2.00 e. The van der Waals surface area contributed by atoms with Crippen LogP contribution in [0.15, 0.2) is 24.3 Å². The van der Waals surface area contributed by atoms with E-state index in [1.165, 1.54) is 0 Å². The summed E-state index contributed by atoms with van der Waals surface area (Å²) in [6.45, 7) is 5.50. The van der Waals surface area contributed by atoms with Crippen molar-refractivity contribution in [2.24, 2.45) is 0 Å². The van der Waals surface area contributed by atoms with E-state index in [0.717, 1.165) is 12.1 Å². The summed E-state index contributed by atoms with van der Waals surface area (Å²) in [6.07, 6.45) is 1.00. The smallest absolute Gasteiger partial charge is 0.409 e.